The van der Waals surface area contributed by atoms with Gasteiger partial charge in [0.1, 0.15) is 12.4 Å². The molecule has 0 unspecified atom stereocenters. The molecule has 142 valence electrons. The Balaban J connectivity index is 2.12. The van der Waals surface area contributed by atoms with Crippen LogP contribution in [0, 0.1) is 0 Å². The summed E-state index contributed by atoms with van der Waals surface area (Å²) in [5, 5.41) is 4.02. The first-order valence-corrected chi connectivity index (χ1v) is 9.05. The molecule has 0 aliphatic rings. The molecule has 6 nitrogen and oxygen atoms in total. The van der Waals surface area contributed by atoms with Gasteiger partial charge in [-0.2, -0.15) is 5.10 Å². The van der Waals surface area contributed by atoms with Crippen LogP contribution in [-0.4, -0.2) is 32.4 Å². The summed E-state index contributed by atoms with van der Waals surface area (Å²) in [6.45, 7) is 6.34. The van der Waals surface area contributed by atoms with Crippen LogP contribution < -0.4 is 19.6 Å². The van der Waals surface area contributed by atoms with Crippen LogP contribution in [0.15, 0.2) is 58.6 Å². The van der Waals surface area contributed by atoms with Gasteiger partial charge < -0.3 is 14.2 Å². The Labute approximate surface area is 167 Å². The number of carbonyl (C=O) groups is 1. The van der Waals surface area contributed by atoms with Crippen molar-refractivity contribution in [2.24, 2.45) is 5.10 Å². The van der Waals surface area contributed by atoms with E-state index in [-0.39, 0.29) is 5.91 Å². The van der Waals surface area contributed by atoms with Crippen molar-refractivity contribution in [3.8, 4) is 17.2 Å². The zero-order chi connectivity index (χ0) is 19.6. The molecule has 27 heavy (non-hydrogen) atoms. The minimum absolute atomic E-state index is 0.363. The van der Waals surface area contributed by atoms with Gasteiger partial charge in [0.15, 0.2) is 11.5 Å². The second kappa shape index (κ2) is 10.4. The number of amides is 1. The third kappa shape index (κ3) is 5.86. The monoisotopic (exact) mass is 432 g/mol. The Morgan fingerprint density at radius 2 is 1.96 bits per heavy atom. The number of ether oxygens (including phenoxy) is 3. The molecule has 2 aromatic rings. The van der Waals surface area contributed by atoms with Gasteiger partial charge in [0.05, 0.1) is 19.9 Å². The average Bonchev–Trinajstić information content (AvgIpc) is 2.67. The summed E-state index contributed by atoms with van der Waals surface area (Å²) in [5.41, 5.74) is 3.63. The summed E-state index contributed by atoms with van der Waals surface area (Å²) in [6.07, 6.45) is 3.18. The highest BCUT2D eigenvalue weighted by molar-refractivity contribution is 9.10. The first kappa shape index (κ1) is 20.5. The molecule has 0 spiro atoms. The third-order valence-corrected chi connectivity index (χ3v) is 3.92. The molecule has 0 saturated heterocycles. The summed E-state index contributed by atoms with van der Waals surface area (Å²) in [7, 11) is 1.55. The van der Waals surface area contributed by atoms with E-state index in [0.29, 0.717) is 36.0 Å². The Bertz CT molecular complexity index is 837. The highest BCUT2D eigenvalue weighted by atomic mass is 79.9. The van der Waals surface area contributed by atoms with Crippen molar-refractivity contribution >= 4 is 28.1 Å². The van der Waals surface area contributed by atoms with Crippen molar-refractivity contribution < 1.29 is 19.0 Å². The number of nitrogens with one attached hydrogen (secondary N) is 1. The van der Waals surface area contributed by atoms with Gasteiger partial charge in [-0.25, -0.2) is 5.43 Å². The van der Waals surface area contributed by atoms with E-state index < -0.39 is 0 Å². The molecule has 0 aliphatic heterocycles. The second-order valence-electron chi connectivity index (χ2n) is 5.28. The van der Waals surface area contributed by atoms with Crippen molar-refractivity contribution in [2.75, 3.05) is 20.3 Å². The van der Waals surface area contributed by atoms with Crippen LogP contribution in [0.4, 0.5) is 0 Å². The zero-order valence-electron chi connectivity index (χ0n) is 15.2. The number of hydrogen-bond donors (Lipinski definition) is 1. The van der Waals surface area contributed by atoms with Gasteiger partial charge in [0, 0.05) is 15.6 Å². The minimum atomic E-state index is -0.363. The van der Waals surface area contributed by atoms with Gasteiger partial charge in [-0.1, -0.05) is 28.6 Å². The zero-order valence-corrected chi connectivity index (χ0v) is 16.8. The maximum Gasteiger partial charge on any atom is 0.271 e. The fraction of sp³-hybridized carbons (Fsp3) is 0.200. The van der Waals surface area contributed by atoms with Crippen LogP contribution in [0.2, 0.25) is 0 Å². The fourth-order valence-electron chi connectivity index (χ4n) is 2.21. The number of nitrogens with zero attached hydrogens (tertiary/aromatic N) is 1. The number of hydrogen-bond acceptors (Lipinski definition) is 5. The van der Waals surface area contributed by atoms with E-state index >= 15 is 0 Å². The van der Waals surface area contributed by atoms with Crippen molar-refractivity contribution in [1.29, 1.82) is 0 Å². The van der Waals surface area contributed by atoms with Crippen LogP contribution in [0.3, 0.4) is 0 Å². The van der Waals surface area contributed by atoms with Gasteiger partial charge in [-0.3, -0.25) is 4.79 Å². The Morgan fingerprint density at radius 1 is 1.19 bits per heavy atom. The molecule has 7 heteroatoms. The molecule has 0 heterocycles. The first-order valence-electron chi connectivity index (χ1n) is 8.26. The van der Waals surface area contributed by atoms with Crippen molar-refractivity contribution in [3.63, 3.8) is 0 Å². The summed E-state index contributed by atoms with van der Waals surface area (Å²) in [4.78, 5) is 12.3. The van der Waals surface area contributed by atoms with Crippen molar-refractivity contribution in [2.45, 2.75) is 6.92 Å². The molecule has 0 saturated carbocycles. The molecule has 0 fully saturated rings. The Hall–Kier alpha value is -2.80. The molecule has 2 rings (SSSR count). The van der Waals surface area contributed by atoms with E-state index in [2.05, 4.69) is 33.0 Å². The number of hydrazone groups is 1. The third-order valence-electron chi connectivity index (χ3n) is 3.42. The van der Waals surface area contributed by atoms with Gasteiger partial charge in [0.25, 0.3) is 5.91 Å². The Kier molecular flexibility index (Phi) is 7.88. The van der Waals surface area contributed by atoms with Crippen LogP contribution in [0.1, 0.15) is 22.8 Å². The SMILES string of the molecule is C=CCOc1ccc(Br)cc1/C=N/NC(=O)c1ccc(OC)c(OCC)c1. The number of carbonyl (C=O) groups excluding carboxylic acids is 1. The number of methoxy groups -OCH3 is 1. The summed E-state index contributed by atoms with van der Waals surface area (Å²) in [5.74, 6) is 1.34. The van der Waals surface area contributed by atoms with Gasteiger partial charge in [-0.05, 0) is 43.3 Å². The van der Waals surface area contributed by atoms with E-state index in [1.807, 2.05) is 25.1 Å². The lowest BCUT2D eigenvalue weighted by molar-refractivity contribution is 0.0954. The molecule has 0 radical (unpaired) electrons. The normalized spacial score (nSPS) is 10.5. The van der Waals surface area contributed by atoms with Crippen molar-refractivity contribution in [3.05, 3.63) is 64.7 Å². The first-order chi connectivity index (χ1) is 13.1. The lowest BCUT2D eigenvalue weighted by atomic mass is 10.2. The summed E-state index contributed by atoms with van der Waals surface area (Å²) < 4.78 is 17.2. The van der Waals surface area contributed by atoms with Crippen LogP contribution in [0.25, 0.3) is 0 Å². The lowest BCUT2D eigenvalue weighted by Gasteiger charge is -2.10. The average molecular weight is 433 g/mol. The molecule has 1 amide bonds. The molecular weight excluding hydrogens is 412 g/mol. The molecule has 2 aromatic carbocycles. The van der Waals surface area contributed by atoms with Gasteiger partial charge >= 0.3 is 0 Å². The fourth-order valence-corrected chi connectivity index (χ4v) is 2.59. The summed E-state index contributed by atoms with van der Waals surface area (Å²) in [6, 6.07) is 10.5. The molecule has 0 bridgehead atoms. The second-order valence-corrected chi connectivity index (χ2v) is 6.20. The highest BCUT2D eigenvalue weighted by Gasteiger charge is 2.10. The minimum Gasteiger partial charge on any atom is -0.493 e. The molecule has 0 atom stereocenters. The Morgan fingerprint density at radius 3 is 2.67 bits per heavy atom. The molecule has 1 N–H and O–H groups in total. The van der Waals surface area contributed by atoms with E-state index in [0.717, 1.165) is 10.0 Å². The van der Waals surface area contributed by atoms with Crippen molar-refractivity contribution in [1.82, 2.24) is 5.43 Å². The van der Waals surface area contributed by atoms with Crippen LogP contribution in [0.5, 0.6) is 17.2 Å². The number of rotatable bonds is 9. The van der Waals surface area contributed by atoms with Crippen LogP contribution >= 0.6 is 15.9 Å². The van der Waals surface area contributed by atoms with E-state index in [9.17, 15) is 4.79 Å². The summed E-state index contributed by atoms with van der Waals surface area (Å²) >= 11 is 3.41. The predicted molar refractivity (Wildman–Crippen MR) is 109 cm³/mol. The quantitative estimate of drug-likeness (QED) is 0.366. The maximum atomic E-state index is 12.3. The lowest BCUT2D eigenvalue weighted by Crippen LogP contribution is -2.17. The van der Waals surface area contributed by atoms with Crippen LogP contribution in [-0.2, 0) is 0 Å². The predicted octanol–water partition coefficient (Wildman–Crippen LogP) is 4.19. The van der Waals surface area contributed by atoms with E-state index in [4.69, 9.17) is 14.2 Å². The molecular formula is C20H21BrN2O4. The standard InChI is InChI=1S/C20H21BrN2O4/c1-4-10-27-17-9-7-16(21)11-15(17)13-22-23-20(24)14-6-8-18(25-3)19(12-14)26-5-2/h4,6-9,11-13H,1,5,10H2,2-3H3,(H,23,24)/b22-13+. The number of halogens is 1. The van der Waals surface area contributed by atoms with Gasteiger partial charge in [0.2, 0.25) is 0 Å². The van der Waals surface area contributed by atoms with Gasteiger partial charge in [-0.15, -0.1) is 0 Å². The van der Waals surface area contributed by atoms with E-state index in [1.165, 1.54) is 6.21 Å². The largest absolute Gasteiger partial charge is 0.493 e. The molecule has 0 aromatic heterocycles. The topological polar surface area (TPSA) is 69.2 Å². The number of benzene rings is 2. The molecule has 0 aliphatic carbocycles. The maximum absolute atomic E-state index is 12.3. The van der Waals surface area contributed by atoms with E-state index in [1.54, 1.807) is 31.4 Å². The smallest absolute Gasteiger partial charge is 0.271 e. The highest BCUT2D eigenvalue weighted by Crippen LogP contribution is 2.28.